The van der Waals surface area contributed by atoms with Crippen molar-refractivity contribution in [2.45, 2.75) is 6.04 Å². The Labute approximate surface area is 183 Å². The Morgan fingerprint density at radius 2 is 1.93 bits per heavy atom. The molecule has 1 fully saturated rings. The topological polar surface area (TPSA) is 90.3 Å². The van der Waals surface area contributed by atoms with E-state index in [2.05, 4.69) is 15.9 Å². The minimum atomic E-state index is -0.807. The summed E-state index contributed by atoms with van der Waals surface area (Å²) in [4.78, 5) is 29.1. The van der Waals surface area contributed by atoms with Crippen molar-refractivity contribution in [2.75, 3.05) is 34.3 Å². The molecule has 1 heterocycles. The van der Waals surface area contributed by atoms with Crippen molar-refractivity contribution in [2.24, 2.45) is 0 Å². The third kappa shape index (κ3) is 4.20. The molecule has 8 heteroatoms. The predicted octanol–water partition coefficient (Wildman–Crippen LogP) is 3.15. The maximum atomic E-state index is 12.9. The summed E-state index contributed by atoms with van der Waals surface area (Å²) in [6.07, 6.45) is 0. The number of carbonyl (C=O) groups excluding carboxylic acids is 2. The summed E-state index contributed by atoms with van der Waals surface area (Å²) in [7, 11) is 5.27. The number of likely N-dealkylation sites (tertiary alicyclic amines) is 1. The number of ether oxygens (including phenoxy) is 1. The van der Waals surface area contributed by atoms with Crippen molar-refractivity contribution in [1.29, 1.82) is 0 Å². The van der Waals surface area contributed by atoms with Gasteiger partial charge in [-0.3, -0.25) is 9.59 Å². The summed E-state index contributed by atoms with van der Waals surface area (Å²) in [6.45, 7) is 0.831. The first-order valence-electron chi connectivity index (χ1n) is 9.30. The van der Waals surface area contributed by atoms with E-state index in [9.17, 15) is 19.8 Å². The number of methoxy groups -OCH3 is 1. The number of aliphatic hydroxyl groups is 1. The number of hydrogen-bond acceptors (Lipinski definition) is 6. The third-order valence-electron chi connectivity index (χ3n) is 4.94. The van der Waals surface area contributed by atoms with Crippen LogP contribution in [-0.2, 0) is 9.59 Å². The number of halogens is 1. The molecule has 1 unspecified atom stereocenters. The van der Waals surface area contributed by atoms with Crippen LogP contribution < -0.4 is 4.74 Å². The zero-order chi connectivity index (χ0) is 22.0. The first kappa shape index (κ1) is 21.9. The number of aromatic hydroxyl groups is 1. The molecule has 2 aromatic rings. The van der Waals surface area contributed by atoms with E-state index in [1.165, 1.54) is 24.1 Å². The van der Waals surface area contributed by atoms with Gasteiger partial charge in [0.15, 0.2) is 0 Å². The van der Waals surface area contributed by atoms with Crippen LogP contribution in [0.4, 0.5) is 0 Å². The van der Waals surface area contributed by atoms with Crippen LogP contribution in [0.25, 0.3) is 5.76 Å². The minimum Gasteiger partial charge on any atom is -0.508 e. The smallest absolute Gasteiger partial charge is 0.295 e. The molecule has 0 spiro atoms. The fraction of sp³-hybridized carbons (Fsp3) is 0.273. The van der Waals surface area contributed by atoms with Gasteiger partial charge in [0, 0.05) is 18.7 Å². The number of likely N-dealkylation sites (N-methyl/N-ethyl adjacent to an activating group) is 1. The third-order valence-corrected chi connectivity index (χ3v) is 5.56. The van der Waals surface area contributed by atoms with E-state index < -0.39 is 17.7 Å². The first-order valence-corrected chi connectivity index (χ1v) is 10.1. The summed E-state index contributed by atoms with van der Waals surface area (Å²) in [5.41, 5.74) is 0.905. The van der Waals surface area contributed by atoms with Crippen LogP contribution in [0.15, 0.2) is 52.5 Å². The maximum Gasteiger partial charge on any atom is 0.295 e. The second-order valence-corrected chi connectivity index (χ2v) is 8.09. The van der Waals surface area contributed by atoms with E-state index in [1.807, 2.05) is 19.0 Å². The van der Waals surface area contributed by atoms with Gasteiger partial charge in [0.25, 0.3) is 11.7 Å². The van der Waals surface area contributed by atoms with Crippen molar-refractivity contribution in [1.82, 2.24) is 9.80 Å². The Kier molecular flexibility index (Phi) is 6.48. The van der Waals surface area contributed by atoms with Crippen molar-refractivity contribution < 1.29 is 24.5 Å². The standard InChI is InChI=1S/C22H23BrN2O5/c1-24(2)9-10-25-19(13-5-4-6-15(26)11-13)18(21(28)22(25)29)20(27)14-7-8-17(30-3)16(23)12-14/h4-8,11-12,19,26-27H,9-10H2,1-3H3/b20-18-. The van der Waals surface area contributed by atoms with Gasteiger partial charge in [-0.25, -0.2) is 0 Å². The molecule has 1 atom stereocenters. The fourth-order valence-corrected chi connectivity index (χ4v) is 3.97. The summed E-state index contributed by atoms with van der Waals surface area (Å²) in [5.74, 6) is -1.14. The van der Waals surface area contributed by atoms with Crippen molar-refractivity contribution in [3.63, 3.8) is 0 Å². The highest BCUT2D eigenvalue weighted by Crippen LogP contribution is 2.40. The highest BCUT2D eigenvalue weighted by molar-refractivity contribution is 9.10. The van der Waals surface area contributed by atoms with E-state index in [0.717, 1.165) is 0 Å². The van der Waals surface area contributed by atoms with Crippen LogP contribution in [0, 0.1) is 0 Å². The number of phenolic OH excluding ortho intramolecular Hbond substituents is 1. The van der Waals surface area contributed by atoms with Gasteiger partial charge in [0.1, 0.15) is 17.3 Å². The Bertz CT molecular complexity index is 1020. The quantitative estimate of drug-likeness (QED) is 0.379. The Hall–Kier alpha value is -2.84. The highest BCUT2D eigenvalue weighted by Gasteiger charge is 2.46. The average Bonchev–Trinajstić information content (AvgIpc) is 2.96. The molecule has 1 saturated heterocycles. The van der Waals surface area contributed by atoms with Gasteiger partial charge in [-0.1, -0.05) is 12.1 Å². The number of carbonyl (C=O) groups is 2. The Morgan fingerprint density at radius 1 is 1.20 bits per heavy atom. The van der Waals surface area contributed by atoms with Gasteiger partial charge < -0.3 is 24.7 Å². The molecular formula is C22H23BrN2O5. The molecular weight excluding hydrogens is 452 g/mol. The molecule has 0 bridgehead atoms. The second-order valence-electron chi connectivity index (χ2n) is 7.24. The highest BCUT2D eigenvalue weighted by atomic mass is 79.9. The van der Waals surface area contributed by atoms with E-state index in [0.29, 0.717) is 34.4 Å². The van der Waals surface area contributed by atoms with Crippen LogP contribution in [0.5, 0.6) is 11.5 Å². The van der Waals surface area contributed by atoms with E-state index >= 15 is 0 Å². The lowest BCUT2D eigenvalue weighted by atomic mass is 9.95. The maximum absolute atomic E-state index is 12.9. The number of ketones is 1. The molecule has 2 N–H and O–H groups in total. The lowest BCUT2D eigenvalue weighted by Gasteiger charge is -2.26. The normalized spacial score (nSPS) is 18.3. The lowest BCUT2D eigenvalue weighted by Crippen LogP contribution is -2.35. The van der Waals surface area contributed by atoms with Gasteiger partial charge in [0.2, 0.25) is 0 Å². The zero-order valence-electron chi connectivity index (χ0n) is 16.9. The predicted molar refractivity (Wildman–Crippen MR) is 116 cm³/mol. The SMILES string of the molecule is COc1ccc(/C(O)=C2/C(=O)C(=O)N(CCN(C)C)C2c2cccc(O)c2)cc1Br. The van der Waals surface area contributed by atoms with Gasteiger partial charge in [-0.2, -0.15) is 0 Å². The van der Waals surface area contributed by atoms with Crippen molar-refractivity contribution in [3.8, 4) is 11.5 Å². The number of rotatable bonds is 6. The number of amides is 1. The molecule has 2 aromatic carbocycles. The number of benzene rings is 2. The largest absolute Gasteiger partial charge is 0.508 e. The van der Waals surface area contributed by atoms with Gasteiger partial charge in [-0.05, 0) is 65.9 Å². The number of phenols is 1. The summed E-state index contributed by atoms with van der Waals surface area (Å²) in [5, 5.41) is 21.0. The van der Waals surface area contributed by atoms with E-state index in [-0.39, 0.29) is 17.1 Å². The Balaban J connectivity index is 2.16. The van der Waals surface area contributed by atoms with Gasteiger partial charge in [0.05, 0.1) is 23.2 Å². The van der Waals surface area contributed by atoms with Crippen LogP contribution in [0.1, 0.15) is 17.2 Å². The molecule has 158 valence electrons. The lowest BCUT2D eigenvalue weighted by molar-refractivity contribution is -0.140. The summed E-state index contributed by atoms with van der Waals surface area (Å²) >= 11 is 3.37. The van der Waals surface area contributed by atoms with Crippen molar-refractivity contribution in [3.05, 3.63) is 63.6 Å². The monoisotopic (exact) mass is 474 g/mol. The van der Waals surface area contributed by atoms with E-state index in [1.54, 1.807) is 30.3 Å². The van der Waals surface area contributed by atoms with Crippen LogP contribution in [-0.4, -0.2) is 66.0 Å². The zero-order valence-corrected chi connectivity index (χ0v) is 18.5. The molecule has 30 heavy (non-hydrogen) atoms. The second kappa shape index (κ2) is 8.89. The molecule has 0 radical (unpaired) electrons. The molecule has 7 nitrogen and oxygen atoms in total. The molecule has 1 amide bonds. The molecule has 1 aliphatic rings. The molecule has 0 saturated carbocycles. The number of nitrogens with zero attached hydrogens (tertiary/aromatic N) is 2. The molecule has 3 rings (SSSR count). The minimum absolute atomic E-state index is 0.0119. The first-order chi connectivity index (χ1) is 14.2. The molecule has 1 aliphatic heterocycles. The van der Waals surface area contributed by atoms with Crippen molar-refractivity contribution >= 4 is 33.4 Å². The van der Waals surface area contributed by atoms with E-state index in [4.69, 9.17) is 4.74 Å². The van der Waals surface area contributed by atoms with Crippen LogP contribution >= 0.6 is 15.9 Å². The average molecular weight is 475 g/mol. The van der Waals surface area contributed by atoms with Crippen LogP contribution in [0.2, 0.25) is 0 Å². The summed E-state index contributed by atoms with van der Waals surface area (Å²) < 4.78 is 5.81. The number of aliphatic hydroxyl groups excluding tert-OH is 1. The van der Waals surface area contributed by atoms with Crippen LogP contribution in [0.3, 0.4) is 0 Å². The number of Topliss-reactive ketones (excluding diaryl/α,β-unsaturated/α-hetero) is 1. The summed E-state index contributed by atoms with van der Waals surface area (Å²) in [6, 6.07) is 10.5. The number of hydrogen-bond donors (Lipinski definition) is 2. The fourth-order valence-electron chi connectivity index (χ4n) is 3.43. The Morgan fingerprint density at radius 3 is 2.53 bits per heavy atom. The molecule has 0 aliphatic carbocycles. The van der Waals surface area contributed by atoms with Gasteiger partial charge >= 0.3 is 0 Å². The van der Waals surface area contributed by atoms with Gasteiger partial charge in [-0.15, -0.1) is 0 Å². The molecule has 0 aromatic heterocycles.